The molecular formula is C36H44O10. The molecule has 9 atom stereocenters. The lowest BCUT2D eigenvalue weighted by Gasteiger charge is -2.43. The van der Waals surface area contributed by atoms with Crippen LogP contribution in [0.5, 0.6) is 0 Å². The van der Waals surface area contributed by atoms with Gasteiger partial charge in [0.25, 0.3) is 0 Å². The van der Waals surface area contributed by atoms with Crippen molar-refractivity contribution in [1.82, 2.24) is 0 Å². The summed E-state index contributed by atoms with van der Waals surface area (Å²) in [5, 5.41) is 47.0. The van der Waals surface area contributed by atoms with E-state index in [1.807, 2.05) is 0 Å². The van der Waals surface area contributed by atoms with Crippen molar-refractivity contribution in [1.29, 1.82) is 0 Å². The summed E-state index contributed by atoms with van der Waals surface area (Å²) in [7, 11) is 0. The van der Waals surface area contributed by atoms with Crippen molar-refractivity contribution in [2.24, 2.45) is 17.3 Å². The van der Waals surface area contributed by atoms with Gasteiger partial charge in [0.1, 0.15) is 35.6 Å². The number of rotatable bonds is 5. The Hall–Kier alpha value is -3.83. The minimum Gasteiger partial charge on any atom is -0.461 e. The van der Waals surface area contributed by atoms with E-state index in [1.54, 1.807) is 94.4 Å². The topological polar surface area (TPSA) is 160 Å². The van der Waals surface area contributed by atoms with Gasteiger partial charge in [0.05, 0.1) is 17.2 Å². The predicted molar refractivity (Wildman–Crippen MR) is 168 cm³/mol. The summed E-state index contributed by atoms with van der Waals surface area (Å²) >= 11 is 0. The molecule has 46 heavy (non-hydrogen) atoms. The van der Waals surface area contributed by atoms with Crippen molar-refractivity contribution in [2.45, 2.75) is 89.7 Å². The van der Waals surface area contributed by atoms with E-state index in [-0.39, 0.29) is 17.5 Å². The van der Waals surface area contributed by atoms with Gasteiger partial charge in [0.15, 0.2) is 0 Å². The Bertz CT molecular complexity index is 1460. The van der Waals surface area contributed by atoms with Crippen molar-refractivity contribution in [3.63, 3.8) is 0 Å². The maximum Gasteiger partial charge on any atom is 0.338 e. The van der Waals surface area contributed by atoms with E-state index in [4.69, 9.17) is 14.2 Å². The molecule has 0 aromatic heterocycles. The van der Waals surface area contributed by atoms with E-state index < -0.39 is 76.9 Å². The third-order valence-corrected chi connectivity index (χ3v) is 9.25. The first-order chi connectivity index (χ1) is 21.5. The zero-order chi connectivity index (χ0) is 34.0. The van der Waals surface area contributed by atoms with Crippen LogP contribution in [-0.4, -0.2) is 80.1 Å². The highest BCUT2D eigenvalue weighted by atomic mass is 16.6. The van der Waals surface area contributed by atoms with Gasteiger partial charge < -0.3 is 34.6 Å². The smallest absolute Gasteiger partial charge is 0.338 e. The molecule has 4 N–H and O–H groups in total. The normalized spacial score (nSPS) is 36.0. The van der Waals surface area contributed by atoms with E-state index in [0.29, 0.717) is 5.57 Å². The number of esters is 3. The van der Waals surface area contributed by atoms with Crippen LogP contribution in [0.1, 0.15) is 68.7 Å². The molecule has 248 valence electrons. The molecule has 10 heteroatoms. The number of hydrogen-bond acceptors (Lipinski definition) is 10. The van der Waals surface area contributed by atoms with Crippen LogP contribution in [0, 0.1) is 17.3 Å². The van der Waals surface area contributed by atoms with Crippen LogP contribution < -0.4 is 0 Å². The van der Waals surface area contributed by atoms with Gasteiger partial charge in [-0.2, -0.15) is 0 Å². The first kappa shape index (κ1) is 35.0. The van der Waals surface area contributed by atoms with Crippen LogP contribution in [0.2, 0.25) is 0 Å². The van der Waals surface area contributed by atoms with Crippen molar-refractivity contribution in [2.75, 3.05) is 0 Å². The number of ether oxygens (including phenoxy) is 3. The monoisotopic (exact) mass is 636 g/mol. The van der Waals surface area contributed by atoms with Gasteiger partial charge in [0.2, 0.25) is 0 Å². The second-order valence-electron chi connectivity index (χ2n) is 13.2. The highest BCUT2D eigenvalue weighted by molar-refractivity contribution is 5.90. The number of benzene rings is 2. The first-order valence-electron chi connectivity index (χ1n) is 15.4. The fourth-order valence-corrected chi connectivity index (χ4v) is 6.34. The minimum absolute atomic E-state index is 0.0136. The molecule has 4 rings (SSSR count). The third-order valence-electron chi connectivity index (χ3n) is 9.25. The fourth-order valence-electron chi connectivity index (χ4n) is 6.34. The lowest BCUT2D eigenvalue weighted by molar-refractivity contribution is -0.198. The van der Waals surface area contributed by atoms with Crippen LogP contribution in [0.15, 0.2) is 84.5 Å². The lowest BCUT2D eigenvalue weighted by atomic mass is 9.73. The van der Waals surface area contributed by atoms with Gasteiger partial charge in [-0.25, -0.2) is 9.59 Å². The Morgan fingerprint density at radius 1 is 0.804 bits per heavy atom. The molecule has 1 fully saturated rings. The highest BCUT2D eigenvalue weighted by Gasteiger charge is 2.65. The molecule has 0 radical (unpaired) electrons. The van der Waals surface area contributed by atoms with Crippen LogP contribution in [0.25, 0.3) is 0 Å². The SMILES string of the molecule is CC(=O)O[C@@H]1C[C@@H](OC(=O)c2ccccc2)/C(C)=C/[C@H]2[C@@H](OC(=O)c3ccccc3)[C@@H](C)[C@H](O)[C@]2(O)[C@H](O)[C@](C)(O)/C=C/C1(C)C. The number of aliphatic hydroxyl groups excluding tert-OH is 2. The van der Waals surface area contributed by atoms with Crippen molar-refractivity contribution >= 4 is 17.9 Å². The summed E-state index contributed by atoms with van der Waals surface area (Å²) < 4.78 is 17.6. The molecule has 0 aliphatic heterocycles. The van der Waals surface area contributed by atoms with Gasteiger partial charge in [-0.1, -0.05) is 75.4 Å². The molecule has 0 amide bonds. The number of aliphatic hydroxyl groups is 4. The van der Waals surface area contributed by atoms with Crippen molar-refractivity contribution in [3.05, 3.63) is 95.6 Å². The van der Waals surface area contributed by atoms with Gasteiger partial charge >= 0.3 is 17.9 Å². The molecule has 2 aliphatic carbocycles. The summed E-state index contributed by atoms with van der Waals surface area (Å²) in [5.74, 6) is -4.11. The summed E-state index contributed by atoms with van der Waals surface area (Å²) in [4.78, 5) is 38.8. The molecule has 0 spiro atoms. The second-order valence-corrected chi connectivity index (χ2v) is 13.2. The molecule has 2 aliphatic rings. The quantitative estimate of drug-likeness (QED) is 0.216. The number of carbonyl (C=O) groups is 3. The number of fused-ring (bicyclic) bond motifs is 1. The van der Waals surface area contributed by atoms with Crippen molar-refractivity contribution in [3.8, 4) is 0 Å². The summed E-state index contributed by atoms with van der Waals surface area (Å²) in [6.07, 6.45) is -2.39. The lowest BCUT2D eigenvalue weighted by Crippen LogP contribution is -2.62. The number of hydrogen-bond donors (Lipinski definition) is 4. The summed E-state index contributed by atoms with van der Waals surface area (Å²) in [6, 6.07) is 16.5. The Balaban J connectivity index is 1.88. The predicted octanol–water partition coefficient (Wildman–Crippen LogP) is 3.77. The maximum absolute atomic E-state index is 13.3. The largest absolute Gasteiger partial charge is 0.461 e. The van der Waals surface area contributed by atoms with Gasteiger partial charge in [-0.05, 0) is 43.7 Å². The maximum atomic E-state index is 13.3. The Morgan fingerprint density at radius 3 is 1.85 bits per heavy atom. The number of carbonyl (C=O) groups excluding carboxylic acids is 3. The summed E-state index contributed by atoms with van der Waals surface area (Å²) in [5.41, 5.74) is -4.60. The molecule has 0 unspecified atom stereocenters. The van der Waals surface area contributed by atoms with Crippen LogP contribution >= 0.6 is 0 Å². The summed E-state index contributed by atoms with van der Waals surface area (Å²) in [6.45, 7) is 9.26. The molecule has 2 aromatic rings. The standard InChI is InChI=1S/C36H44O10/c1-21-19-26-29(46-32(40)25-15-11-8-12-16-25)22(2)30(38)36(26,43)33(41)35(6,42)18-17-34(4,5)28(44-23(3)37)20-27(21)45-31(39)24-13-9-7-10-14-24/h7-19,22,26-30,33,38,41-43H,20H2,1-6H3/b18-17+,21-19+/t22-,26+,27-,28-,29+,30+,33-,35-,36+/m1/s1. The third kappa shape index (κ3) is 7.10. The highest BCUT2D eigenvalue weighted by Crippen LogP contribution is 2.48. The Kier molecular flexibility index (Phi) is 10.3. The second kappa shape index (κ2) is 13.5. The van der Waals surface area contributed by atoms with E-state index in [2.05, 4.69) is 0 Å². The van der Waals surface area contributed by atoms with E-state index >= 15 is 0 Å². The van der Waals surface area contributed by atoms with Gasteiger partial charge in [-0.3, -0.25) is 4.79 Å². The Labute approximate surface area is 269 Å². The minimum atomic E-state index is -2.43. The zero-order valence-electron chi connectivity index (χ0n) is 27.0. The average Bonchev–Trinajstić information content (AvgIpc) is 3.19. The molecule has 2 aromatic carbocycles. The van der Waals surface area contributed by atoms with Crippen LogP contribution in [0.4, 0.5) is 0 Å². The molecule has 1 saturated carbocycles. The fraction of sp³-hybridized carbons (Fsp3) is 0.472. The molecule has 0 bridgehead atoms. The zero-order valence-corrected chi connectivity index (χ0v) is 27.0. The molecule has 10 nitrogen and oxygen atoms in total. The van der Waals surface area contributed by atoms with Crippen LogP contribution in [0.3, 0.4) is 0 Å². The van der Waals surface area contributed by atoms with E-state index in [0.717, 1.165) is 0 Å². The molecular weight excluding hydrogens is 592 g/mol. The average molecular weight is 637 g/mol. The van der Waals surface area contributed by atoms with E-state index in [9.17, 15) is 34.8 Å². The van der Waals surface area contributed by atoms with Gasteiger partial charge in [-0.15, -0.1) is 0 Å². The van der Waals surface area contributed by atoms with E-state index in [1.165, 1.54) is 26.0 Å². The Morgan fingerprint density at radius 2 is 1.33 bits per heavy atom. The van der Waals surface area contributed by atoms with Gasteiger partial charge in [0, 0.05) is 30.6 Å². The molecule has 0 heterocycles. The first-order valence-corrected chi connectivity index (χ1v) is 15.4. The molecule has 0 saturated heterocycles. The van der Waals surface area contributed by atoms with Crippen molar-refractivity contribution < 1.29 is 49.0 Å². The van der Waals surface area contributed by atoms with Crippen LogP contribution in [-0.2, 0) is 19.0 Å².